The maximum absolute atomic E-state index is 9.12. The van der Waals surface area contributed by atoms with Crippen LogP contribution in [0.15, 0.2) is 6.07 Å². The van der Waals surface area contributed by atoms with Gasteiger partial charge in [-0.2, -0.15) is 5.26 Å². The number of nitrogens with one attached hydrogen (secondary N) is 1. The van der Waals surface area contributed by atoms with Crippen LogP contribution in [0.25, 0.3) is 0 Å². The lowest BCUT2D eigenvalue weighted by Gasteiger charge is -2.15. The van der Waals surface area contributed by atoms with Gasteiger partial charge in [-0.3, -0.25) is 0 Å². The fourth-order valence-electron chi connectivity index (χ4n) is 1.73. The van der Waals surface area contributed by atoms with Crippen molar-refractivity contribution in [2.24, 2.45) is 0 Å². The predicted molar refractivity (Wildman–Crippen MR) is 69.6 cm³/mol. The number of aromatic nitrogens is 1. The number of hydrogen-bond donors (Lipinski definition) is 1. The first-order chi connectivity index (χ1) is 8.12. The highest BCUT2D eigenvalue weighted by Crippen LogP contribution is 2.19. The Morgan fingerprint density at radius 3 is 2.76 bits per heavy atom. The zero-order chi connectivity index (χ0) is 12.8. The predicted octanol–water partition coefficient (Wildman–Crippen LogP) is 2.78. The van der Waals surface area contributed by atoms with Gasteiger partial charge in [0.15, 0.2) is 0 Å². The third-order valence-corrected chi connectivity index (χ3v) is 2.55. The first-order valence-corrected chi connectivity index (χ1v) is 5.73. The Labute approximate surface area is 103 Å². The number of hydrogen-bond acceptors (Lipinski definition) is 3. The highest BCUT2D eigenvalue weighted by atomic mass is 15.0. The average molecular weight is 227 g/mol. The van der Waals surface area contributed by atoms with Gasteiger partial charge in [0.05, 0.1) is 11.6 Å². The molecular formula is C14H17N3. The quantitative estimate of drug-likeness (QED) is 0.805. The molecule has 0 bridgehead atoms. The molecule has 3 heteroatoms. The molecule has 0 aliphatic carbocycles. The summed E-state index contributed by atoms with van der Waals surface area (Å²) in [7, 11) is 0. The molecule has 1 heterocycles. The number of nitriles is 1. The van der Waals surface area contributed by atoms with E-state index in [-0.39, 0.29) is 6.04 Å². The Morgan fingerprint density at radius 1 is 1.53 bits per heavy atom. The lowest BCUT2D eigenvalue weighted by Crippen LogP contribution is -2.19. The molecule has 0 radical (unpaired) electrons. The van der Waals surface area contributed by atoms with E-state index in [4.69, 9.17) is 11.7 Å². The van der Waals surface area contributed by atoms with E-state index < -0.39 is 0 Å². The number of nitrogens with zero attached hydrogens (tertiary/aromatic N) is 2. The maximum atomic E-state index is 9.12. The van der Waals surface area contributed by atoms with Crippen LogP contribution >= 0.6 is 0 Å². The number of rotatable bonds is 4. The van der Waals surface area contributed by atoms with Crippen molar-refractivity contribution >= 4 is 5.82 Å². The SMILES string of the molecule is C#CC(CCC)Nc1nc(C)cc(C)c1C#N. The van der Waals surface area contributed by atoms with Crippen LogP contribution in [0.1, 0.15) is 36.6 Å². The van der Waals surface area contributed by atoms with E-state index in [0.717, 1.165) is 24.1 Å². The van der Waals surface area contributed by atoms with Crippen LogP contribution in [0.5, 0.6) is 0 Å². The van der Waals surface area contributed by atoms with Gasteiger partial charge < -0.3 is 5.32 Å². The summed E-state index contributed by atoms with van der Waals surface area (Å²) in [6, 6.07) is 4.00. The molecule has 0 spiro atoms. The van der Waals surface area contributed by atoms with Gasteiger partial charge in [-0.25, -0.2) is 4.98 Å². The second kappa shape index (κ2) is 5.92. The van der Waals surface area contributed by atoms with Gasteiger partial charge >= 0.3 is 0 Å². The standard InChI is InChI=1S/C14H17N3/c1-5-7-12(6-2)17-14-13(9-15)10(3)8-11(4)16-14/h2,8,12H,5,7H2,1,3-4H3,(H,16,17). The van der Waals surface area contributed by atoms with Crippen LogP contribution in [-0.2, 0) is 0 Å². The minimum absolute atomic E-state index is 0.0687. The molecule has 0 aliphatic rings. The highest BCUT2D eigenvalue weighted by Gasteiger charge is 2.11. The second-order valence-corrected chi connectivity index (χ2v) is 4.07. The first kappa shape index (κ1) is 13.1. The van der Waals surface area contributed by atoms with Gasteiger partial charge in [-0.05, 0) is 31.9 Å². The third kappa shape index (κ3) is 3.23. The monoisotopic (exact) mass is 227 g/mol. The second-order valence-electron chi connectivity index (χ2n) is 4.07. The smallest absolute Gasteiger partial charge is 0.145 e. The molecule has 0 amide bonds. The molecule has 1 unspecified atom stereocenters. The molecule has 1 aromatic rings. The number of terminal acetylenes is 1. The van der Waals surface area contributed by atoms with Gasteiger partial charge in [0, 0.05) is 5.69 Å². The summed E-state index contributed by atoms with van der Waals surface area (Å²) in [6.45, 7) is 5.89. The third-order valence-electron chi connectivity index (χ3n) is 2.55. The van der Waals surface area contributed by atoms with Gasteiger partial charge in [0.25, 0.3) is 0 Å². The van der Waals surface area contributed by atoms with Gasteiger partial charge in [0.1, 0.15) is 11.9 Å². The average Bonchev–Trinajstić information content (AvgIpc) is 2.28. The summed E-state index contributed by atoms with van der Waals surface area (Å²) < 4.78 is 0. The topological polar surface area (TPSA) is 48.7 Å². The van der Waals surface area contributed by atoms with E-state index in [2.05, 4.69) is 29.2 Å². The lowest BCUT2D eigenvalue weighted by atomic mass is 10.1. The summed E-state index contributed by atoms with van der Waals surface area (Å²) in [5, 5.41) is 12.3. The summed E-state index contributed by atoms with van der Waals surface area (Å²) in [5.41, 5.74) is 2.39. The Morgan fingerprint density at radius 2 is 2.24 bits per heavy atom. The van der Waals surface area contributed by atoms with Crippen molar-refractivity contribution in [3.05, 3.63) is 22.9 Å². The van der Waals surface area contributed by atoms with E-state index in [9.17, 15) is 0 Å². The van der Waals surface area contributed by atoms with Gasteiger partial charge in [-0.15, -0.1) is 6.42 Å². The van der Waals surface area contributed by atoms with Gasteiger partial charge in [0.2, 0.25) is 0 Å². The molecule has 0 aromatic carbocycles. The van der Waals surface area contributed by atoms with Crippen molar-refractivity contribution in [3.8, 4) is 18.4 Å². The summed E-state index contributed by atoms with van der Waals surface area (Å²) in [5.74, 6) is 3.28. The van der Waals surface area contributed by atoms with Crippen molar-refractivity contribution in [3.63, 3.8) is 0 Å². The van der Waals surface area contributed by atoms with E-state index in [1.807, 2.05) is 19.9 Å². The van der Waals surface area contributed by atoms with Crippen LogP contribution in [-0.4, -0.2) is 11.0 Å². The Kier molecular flexibility index (Phi) is 4.55. The van der Waals surface area contributed by atoms with Crippen molar-refractivity contribution in [2.75, 3.05) is 5.32 Å². The zero-order valence-corrected chi connectivity index (χ0v) is 10.5. The highest BCUT2D eigenvalue weighted by molar-refractivity contribution is 5.57. The van der Waals surface area contributed by atoms with Crippen LogP contribution < -0.4 is 5.32 Å². The normalized spacial score (nSPS) is 11.4. The van der Waals surface area contributed by atoms with Crippen molar-refractivity contribution in [2.45, 2.75) is 39.7 Å². The maximum Gasteiger partial charge on any atom is 0.145 e. The van der Waals surface area contributed by atoms with Crippen LogP contribution in [0.2, 0.25) is 0 Å². The molecule has 88 valence electrons. The van der Waals surface area contributed by atoms with Crippen LogP contribution in [0.3, 0.4) is 0 Å². The summed E-state index contributed by atoms with van der Waals surface area (Å²) in [4.78, 5) is 4.35. The first-order valence-electron chi connectivity index (χ1n) is 5.73. The molecule has 0 saturated carbocycles. The molecular weight excluding hydrogens is 210 g/mol. The van der Waals surface area contributed by atoms with Gasteiger partial charge in [-0.1, -0.05) is 19.3 Å². The molecule has 3 nitrogen and oxygen atoms in total. The zero-order valence-electron chi connectivity index (χ0n) is 10.5. The Hall–Kier alpha value is -2.00. The van der Waals surface area contributed by atoms with E-state index in [1.54, 1.807) is 0 Å². The van der Waals surface area contributed by atoms with Crippen LogP contribution in [0, 0.1) is 37.5 Å². The molecule has 0 aliphatic heterocycles. The summed E-state index contributed by atoms with van der Waals surface area (Å²) in [6.07, 6.45) is 7.32. The van der Waals surface area contributed by atoms with Crippen molar-refractivity contribution in [1.82, 2.24) is 4.98 Å². The van der Waals surface area contributed by atoms with E-state index in [0.29, 0.717) is 11.4 Å². The van der Waals surface area contributed by atoms with E-state index in [1.165, 1.54) is 0 Å². The van der Waals surface area contributed by atoms with Crippen LogP contribution in [0.4, 0.5) is 5.82 Å². The molecule has 0 fully saturated rings. The fourth-order valence-corrected chi connectivity index (χ4v) is 1.73. The Balaban J connectivity index is 3.06. The Bertz CT molecular complexity index is 477. The minimum atomic E-state index is -0.0687. The number of anilines is 1. The summed E-state index contributed by atoms with van der Waals surface area (Å²) >= 11 is 0. The fraction of sp³-hybridized carbons (Fsp3) is 0.429. The molecule has 1 aromatic heterocycles. The molecule has 17 heavy (non-hydrogen) atoms. The van der Waals surface area contributed by atoms with Crippen molar-refractivity contribution < 1.29 is 0 Å². The largest absolute Gasteiger partial charge is 0.355 e. The molecule has 1 rings (SSSR count). The van der Waals surface area contributed by atoms with Crippen molar-refractivity contribution in [1.29, 1.82) is 5.26 Å². The minimum Gasteiger partial charge on any atom is -0.355 e. The molecule has 0 saturated heterocycles. The lowest BCUT2D eigenvalue weighted by molar-refractivity contribution is 0.751. The number of aryl methyl sites for hydroxylation is 2. The molecule has 1 atom stereocenters. The van der Waals surface area contributed by atoms with E-state index >= 15 is 0 Å². The number of pyridine rings is 1. The molecule has 1 N–H and O–H groups in total.